The van der Waals surface area contributed by atoms with Gasteiger partial charge in [-0.1, -0.05) is 19.3 Å². The van der Waals surface area contributed by atoms with Crippen molar-refractivity contribution in [1.29, 1.82) is 0 Å². The number of thioether (sulfide) groups is 1. The Balaban J connectivity index is 2.37. The normalized spacial score (nSPS) is 9.38. The third kappa shape index (κ3) is 5.66. The topological polar surface area (TPSA) is 9.23 Å². The first-order valence-corrected chi connectivity index (χ1v) is 7.37. The number of halogens is 1. The van der Waals surface area contributed by atoms with E-state index in [-0.39, 0.29) is 0 Å². The van der Waals surface area contributed by atoms with Gasteiger partial charge in [0.25, 0.3) is 0 Å². The van der Waals surface area contributed by atoms with Gasteiger partial charge in [-0.05, 0) is 34.6 Å². The molecule has 0 aromatic heterocycles. The maximum absolute atomic E-state index is 5.59. The van der Waals surface area contributed by atoms with Crippen LogP contribution in [0.4, 0.5) is 0 Å². The Kier molecular flexibility index (Phi) is 7.52. The first-order valence-electron chi connectivity index (χ1n) is 5.31. The number of unbranched alkanes of at least 4 members (excludes halogenated alkanes) is 1. The quantitative estimate of drug-likeness (QED) is 0.328. The Bertz CT molecular complexity index is 350. The summed E-state index contributed by atoms with van der Waals surface area (Å²) < 4.78 is 8.45. The van der Waals surface area contributed by atoms with Crippen molar-refractivity contribution >= 4 is 34.4 Å². The molecule has 0 unspecified atom stereocenters. The predicted molar refractivity (Wildman–Crippen MR) is 79.4 cm³/mol. The molecule has 0 heterocycles. The highest BCUT2D eigenvalue weighted by Crippen LogP contribution is 2.21. The molecule has 3 heteroatoms. The van der Waals surface area contributed by atoms with Crippen molar-refractivity contribution in [2.45, 2.75) is 24.7 Å². The summed E-state index contributed by atoms with van der Waals surface area (Å²) in [6, 6.07) is 8.21. The molecule has 0 aliphatic heterocycles. The van der Waals surface area contributed by atoms with Crippen LogP contribution in [0.15, 0.2) is 29.2 Å². The molecule has 1 aromatic carbocycles. The van der Waals surface area contributed by atoms with E-state index in [0.717, 1.165) is 24.5 Å². The SMILES string of the molecule is CCCCOc1ccc(SCC#CI)cc1. The summed E-state index contributed by atoms with van der Waals surface area (Å²) in [6.07, 6.45) is 2.28. The largest absolute Gasteiger partial charge is 0.494 e. The van der Waals surface area contributed by atoms with Gasteiger partial charge in [-0.25, -0.2) is 0 Å². The molecule has 1 nitrogen and oxygen atoms in total. The van der Waals surface area contributed by atoms with Crippen molar-refractivity contribution in [3.63, 3.8) is 0 Å². The Hall–Kier alpha value is -0.340. The third-order valence-electron chi connectivity index (χ3n) is 1.97. The Morgan fingerprint density at radius 1 is 1.31 bits per heavy atom. The summed E-state index contributed by atoms with van der Waals surface area (Å²) in [7, 11) is 0. The highest BCUT2D eigenvalue weighted by molar-refractivity contribution is 14.1. The lowest BCUT2D eigenvalue weighted by atomic mass is 10.3. The van der Waals surface area contributed by atoms with Gasteiger partial charge in [0.05, 0.1) is 12.4 Å². The molecule has 0 saturated heterocycles. The lowest BCUT2D eigenvalue weighted by molar-refractivity contribution is 0.309. The molecular weight excluding hydrogens is 331 g/mol. The van der Waals surface area contributed by atoms with Crippen LogP contribution in [0, 0.1) is 9.85 Å². The van der Waals surface area contributed by atoms with Crippen LogP contribution in [0.5, 0.6) is 5.75 Å². The van der Waals surface area contributed by atoms with Gasteiger partial charge in [0.1, 0.15) is 5.75 Å². The van der Waals surface area contributed by atoms with E-state index in [2.05, 4.69) is 51.5 Å². The summed E-state index contributed by atoms with van der Waals surface area (Å²) in [6.45, 7) is 2.97. The lowest BCUT2D eigenvalue weighted by Gasteiger charge is -2.05. The van der Waals surface area contributed by atoms with Gasteiger partial charge in [-0.2, -0.15) is 0 Å². The zero-order valence-corrected chi connectivity index (χ0v) is 12.3. The van der Waals surface area contributed by atoms with E-state index in [4.69, 9.17) is 4.74 Å². The number of ether oxygens (including phenoxy) is 1. The fourth-order valence-corrected chi connectivity index (χ4v) is 2.20. The van der Waals surface area contributed by atoms with Gasteiger partial charge in [0.2, 0.25) is 0 Å². The van der Waals surface area contributed by atoms with E-state index in [0.29, 0.717) is 0 Å². The Morgan fingerprint density at radius 3 is 2.69 bits per heavy atom. The fraction of sp³-hybridized carbons (Fsp3) is 0.385. The maximum Gasteiger partial charge on any atom is 0.119 e. The second-order valence-electron chi connectivity index (χ2n) is 3.23. The number of rotatable bonds is 6. The van der Waals surface area contributed by atoms with Crippen LogP contribution in [-0.2, 0) is 0 Å². The summed E-state index contributed by atoms with van der Waals surface area (Å²) in [5.74, 6) is 4.82. The molecule has 0 radical (unpaired) electrons. The molecule has 0 atom stereocenters. The van der Waals surface area contributed by atoms with Crippen molar-refractivity contribution in [3.05, 3.63) is 24.3 Å². The van der Waals surface area contributed by atoms with E-state index in [1.807, 2.05) is 12.1 Å². The standard InChI is InChI=1S/C13H15IOS/c1-2-3-10-15-12-5-7-13(8-6-12)16-11-4-9-14/h5-8H,2-3,10-11H2,1H3. The van der Waals surface area contributed by atoms with Crippen LogP contribution in [0.2, 0.25) is 0 Å². The zero-order valence-electron chi connectivity index (χ0n) is 9.33. The smallest absolute Gasteiger partial charge is 0.119 e. The molecule has 86 valence electrons. The van der Waals surface area contributed by atoms with Gasteiger partial charge in [-0.15, -0.1) is 11.8 Å². The predicted octanol–water partition coefficient (Wildman–Crippen LogP) is 4.35. The van der Waals surface area contributed by atoms with E-state index in [9.17, 15) is 0 Å². The lowest BCUT2D eigenvalue weighted by Crippen LogP contribution is -1.95. The minimum absolute atomic E-state index is 0.809. The average Bonchev–Trinajstić information content (AvgIpc) is 2.32. The molecule has 0 aliphatic carbocycles. The minimum atomic E-state index is 0.809. The van der Waals surface area contributed by atoms with Gasteiger partial charge in [-0.3, -0.25) is 0 Å². The molecule has 0 aliphatic rings. The second kappa shape index (κ2) is 8.77. The van der Waals surface area contributed by atoms with Crippen LogP contribution in [0.25, 0.3) is 0 Å². The van der Waals surface area contributed by atoms with E-state index in [1.54, 1.807) is 11.8 Å². The highest BCUT2D eigenvalue weighted by atomic mass is 127. The van der Waals surface area contributed by atoms with Crippen LogP contribution in [0.1, 0.15) is 19.8 Å². The highest BCUT2D eigenvalue weighted by Gasteiger charge is 1.95. The van der Waals surface area contributed by atoms with Gasteiger partial charge >= 0.3 is 0 Å². The molecule has 0 bridgehead atoms. The molecule has 0 N–H and O–H groups in total. The van der Waals surface area contributed by atoms with Crippen molar-refractivity contribution in [1.82, 2.24) is 0 Å². The van der Waals surface area contributed by atoms with Gasteiger partial charge < -0.3 is 4.74 Å². The third-order valence-corrected chi connectivity index (χ3v) is 3.24. The molecule has 0 spiro atoms. The molecule has 1 aromatic rings. The summed E-state index contributed by atoms with van der Waals surface area (Å²) >= 11 is 3.81. The number of hydrogen-bond donors (Lipinski definition) is 0. The minimum Gasteiger partial charge on any atom is -0.494 e. The molecule has 0 amide bonds. The molecule has 16 heavy (non-hydrogen) atoms. The van der Waals surface area contributed by atoms with Crippen molar-refractivity contribution < 1.29 is 4.74 Å². The second-order valence-corrected chi connectivity index (χ2v) is 4.82. The molecule has 0 saturated carbocycles. The first-order chi connectivity index (χ1) is 7.86. The molecule has 1 rings (SSSR count). The van der Waals surface area contributed by atoms with Gasteiger partial charge in [0.15, 0.2) is 0 Å². The van der Waals surface area contributed by atoms with Crippen LogP contribution < -0.4 is 4.74 Å². The van der Waals surface area contributed by atoms with Crippen molar-refractivity contribution in [3.8, 4) is 15.6 Å². The number of benzene rings is 1. The monoisotopic (exact) mass is 346 g/mol. The summed E-state index contributed by atoms with van der Waals surface area (Å²) in [4.78, 5) is 1.24. The van der Waals surface area contributed by atoms with Crippen molar-refractivity contribution in [2.75, 3.05) is 12.4 Å². The summed E-state index contributed by atoms with van der Waals surface area (Å²) in [5.41, 5.74) is 0. The fourth-order valence-electron chi connectivity index (χ4n) is 1.11. The van der Waals surface area contributed by atoms with E-state index in [1.165, 1.54) is 11.3 Å². The van der Waals surface area contributed by atoms with E-state index >= 15 is 0 Å². The van der Waals surface area contributed by atoms with Crippen molar-refractivity contribution in [2.24, 2.45) is 0 Å². The van der Waals surface area contributed by atoms with E-state index < -0.39 is 0 Å². The summed E-state index contributed by atoms with van der Waals surface area (Å²) in [5, 5.41) is 0. The average molecular weight is 346 g/mol. The van der Waals surface area contributed by atoms with Gasteiger partial charge in [0, 0.05) is 27.5 Å². The molecular formula is C13H15IOS. The number of hydrogen-bond acceptors (Lipinski definition) is 2. The first kappa shape index (κ1) is 13.7. The maximum atomic E-state index is 5.59. The zero-order chi connectivity index (χ0) is 11.6. The Morgan fingerprint density at radius 2 is 2.06 bits per heavy atom. The van der Waals surface area contributed by atoms with Crippen LogP contribution in [-0.4, -0.2) is 12.4 Å². The van der Waals surface area contributed by atoms with Crippen LogP contribution in [0.3, 0.4) is 0 Å². The Labute approximate surface area is 115 Å². The van der Waals surface area contributed by atoms with Crippen LogP contribution >= 0.6 is 34.4 Å². The molecule has 0 fully saturated rings.